The first-order valence-electron chi connectivity index (χ1n) is 4.54. The van der Waals surface area contributed by atoms with E-state index in [0.29, 0.717) is 24.2 Å². The zero-order chi connectivity index (χ0) is 9.84. The van der Waals surface area contributed by atoms with E-state index in [1.54, 1.807) is 0 Å². The van der Waals surface area contributed by atoms with Gasteiger partial charge in [-0.2, -0.15) is 0 Å². The van der Waals surface area contributed by atoms with Crippen LogP contribution >= 0.6 is 23.2 Å². The first-order chi connectivity index (χ1) is 6.19. The van der Waals surface area contributed by atoms with Crippen LogP contribution in [0.3, 0.4) is 0 Å². The Morgan fingerprint density at radius 2 is 2.31 bits per heavy atom. The van der Waals surface area contributed by atoms with Crippen LogP contribution in [0.15, 0.2) is 10.6 Å². The fourth-order valence-electron chi connectivity index (χ4n) is 1.60. The average Bonchev–Trinajstić information content (AvgIpc) is 2.89. The maximum Gasteiger partial charge on any atom is 0.0434 e. The zero-order valence-corrected chi connectivity index (χ0v) is 9.35. The highest BCUT2D eigenvalue weighted by Crippen LogP contribution is 2.34. The van der Waals surface area contributed by atoms with Crippen molar-refractivity contribution in [3.05, 3.63) is 10.6 Å². The molecule has 1 rings (SSSR count). The fourth-order valence-corrected chi connectivity index (χ4v) is 1.86. The van der Waals surface area contributed by atoms with Gasteiger partial charge in [-0.3, -0.25) is 4.90 Å². The minimum Gasteiger partial charge on any atom is -0.329 e. The van der Waals surface area contributed by atoms with E-state index in [4.69, 9.17) is 28.9 Å². The summed E-state index contributed by atoms with van der Waals surface area (Å²) in [5.74, 6) is 0.773. The quantitative estimate of drug-likeness (QED) is 0.772. The Morgan fingerprint density at radius 1 is 1.69 bits per heavy atom. The van der Waals surface area contributed by atoms with Crippen LogP contribution in [0.1, 0.15) is 12.8 Å². The highest BCUT2D eigenvalue weighted by molar-refractivity contribution is 6.36. The zero-order valence-electron chi connectivity index (χ0n) is 7.84. The third-order valence-corrected chi connectivity index (χ3v) is 3.10. The van der Waals surface area contributed by atoms with Crippen molar-refractivity contribution in [1.82, 2.24) is 4.90 Å². The van der Waals surface area contributed by atoms with Gasteiger partial charge in [0.2, 0.25) is 0 Å². The predicted molar refractivity (Wildman–Crippen MR) is 58.0 cm³/mol. The normalized spacial score (nSPS) is 20.8. The van der Waals surface area contributed by atoms with Gasteiger partial charge in [-0.15, -0.1) is 0 Å². The van der Waals surface area contributed by atoms with Gasteiger partial charge < -0.3 is 5.73 Å². The minimum atomic E-state index is 0.463. The number of nitrogens with zero attached hydrogens (tertiary/aromatic N) is 1. The van der Waals surface area contributed by atoms with Crippen LogP contribution in [0.5, 0.6) is 0 Å². The molecule has 4 heteroatoms. The molecule has 0 saturated heterocycles. The van der Waals surface area contributed by atoms with Crippen molar-refractivity contribution in [1.29, 1.82) is 0 Å². The molecule has 2 N–H and O–H groups in total. The average molecular weight is 223 g/mol. The lowest BCUT2D eigenvalue weighted by molar-refractivity contribution is 0.244. The summed E-state index contributed by atoms with van der Waals surface area (Å²) in [5.41, 5.74) is 7.11. The van der Waals surface area contributed by atoms with Crippen LogP contribution in [0.2, 0.25) is 0 Å². The van der Waals surface area contributed by atoms with E-state index >= 15 is 0 Å². The SMILES string of the molecule is CN(CC(Cl)=CCl)C(CN)C1CC1. The summed E-state index contributed by atoms with van der Waals surface area (Å²) in [4.78, 5) is 2.18. The molecule has 0 amide bonds. The number of likely N-dealkylation sites (N-methyl/N-ethyl adjacent to an activating group) is 1. The van der Waals surface area contributed by atoms with E-state index in [2.05, 4.69) is 4.90 Å². The molecule has 1 fully saturated rings. The summed E-state index contributed by atoms with van der Waals surface area (Å²) in [7, 11) is 2.04. The topological polar surface area (TPSA) is 29.3 Å². The second-order valence-corrected chi connectivity index (χ2v) is 4.32. The molecular weight excluding hydrogens is 207 g/mol. The third kappa shape index (κ3) is 3.47. The van der Waals surface area contributed by atoms with Crippen molar-refractivity contribution < 1.29 is 0 Å². The molecule has 0 aromatic rings. The minimum absolute atomic E-state index is 0.463. The predicted octanol–water partition coefficient (Wildman–Crippen LogP) is 1.97. The Bertz CT molecular complexity index is 190. The molecule has 0 heterocycles. The van der Waals surface area contributed by atoms with Crippen LogP contribution in [0.4, 0.5) is 0 Å². The second-order valence-electron chi connectivity index (χ2n) is 3.61. The second kappa shape index (κ2) is 5.20. The first kappa shape index (κ1) is 11.3. The lowest BCUT2D eigenvalue weighted by Crippen LogP contribution is -2.40. The lowest BCUT2D eigenvalue weighted by Gasteiger charge is -2.26. The van der Waals surface area contributed by atoms with Crippen molar-refractivity contribution in [2.24, 2.45) is 11.7 Å². The maximum absolute atomic E-state index is 5.83. The number of nitrogens with two attached hydrogens (primary N) is 1. The number of hydrogen-bond donors (Lipinski definition) is 1. The molecular formula is C9H16Cl2N2. The summed E-state index contributed by atoms with van der Waals surface area (Å²) >= 11 is 11.3. The van der Waals surface area contributed by atoms with E-state index < -0.39 is 0 Å². The van der Waals surface area contributed by atoms with Gasteiger partial charge in [0.1, 0.15) is 0 Å². The van der Waals surface area contributed by atoms with Crippen molar-refractivity contribution >= 4 is 23.2 Å². The van der Waals surface area contributed by atoms with E-state index in [0.717, 1.165) is 5.92 Å². The van der Waals surface area contributed by atoms with Crippen molar-refractivity contribution in [2.75, 3.05) is 20.1 Å². The molecule has 0 spiro atoms. The highest BCUT2D eigenvalue weighted by Gasteiger charge is 2.32. The molecule has 76 valence electrons. The maximum atomic E-state index is 5.83. The van der Waals surface area contributed by atoms with Gasteiger partial charge in [0.25, 0.3) is 0 Å². The van der Waals surface area contributed by atoms with Crippen molar-refractivity contribution in [3.8, 4) is 0 Å². The monoisotopic (exact) mass is 222 g/mol. The summed E-state index contributed by atoms with van der Waals surface area (Å²) in [6.07, 6.45) is 2.60. The van der Waals surface area contributed by atoms with E-state index in [1.807, 2.05) is 7.05 Å². The number of hydrogen-bond acceptors (Lipinski definition) is 2. The molecule has 1 aliphatic rings. The Hall–Kier alpha value is 0.240. The molecule has 1 unspecified atom stereocenters. The molecule has 0 bridgehead atoms. The van der Waals surface area contributed by atoms with Gasteiger partial charge in [-0.1, -0.05) is 23.2 Å². The smallest absolute Gasteiger partial charge is 0.0434 e. The Kier molecular flexibility index (Phi) is 4.53. The summed E-state index contributed by atoms with van der Waals surface area (Å²) in [5, 5.41) is 0.670. The Balaban J connectivity index is 2.39. The van der Waals surface area contributed by atoms with Gasteiger partial charge in [0.05, 0.1) is 0 Å². The Labute approximate surface area is 89.7 Å². The van der Waals surface area contributed by atoms with Crippen molar-refractivity contribution in [2.45, 2.75) is 18.9 Å². The fraction of sp³-hybridized carbons (Fsp3) is 0.778. The summed E-state index contributed by atoms with van der Waals surface area (Å²) < 4.78 is 0. The van der Waals surface area contributed by atoms with E-state index in [-0.39, 0.29) is 0 Å². The molecule has 1 atom stereocenters. The number of halogens is 2. The molecule has 13 heavy (non-hydrogen) atoms. The third-order valence-electron chi connectivity index (χ3n) is 2.49. The first-order valence-corrected chi connectivity index (χ1v) is 5.35. The van der Waals surface area contributed by atoms with Gasteiger partial charge in [0.15, 0.2) is 0 Å². The van der Waals surface area contributed by atoms with Gasteiger partial charge >= 0.3 is 0 Å². The molecule has 0 radical (unpaired) electrons. The molecule has 2 nitrogen and oxygen atoms in total. The van der Waals surface area contributed by atoms with E-state index in [1.165, 1.54) is 18.4 Å². The van der Waals surface area contributed by atoms with Gasteiger partial charge in [0, 0.05) is 29.7 Å². The summed E-state index contributed by atoms with van der Waals surface area (Å²) in [6.45, 7) is 1.40. The highest BCUT2D eigenvalue weighted by atomic mass is 35.5. The van der Waals surface area contributed by atoms with Gasteiger partial charge in [-0.05, 0) is 25.8 Å². The van der Waals surface area contributed by atoms with Crippen LogP contribution in [0.25, 0.3) is 0 Å². The van der Waals surface area contributed by atoms with Crippen LogP contribution in [-0.2, 0) is 0 Å². The molecule has 0 aliphatic heterocycles. The van der Waals surface area contributed by atoms with Crippen LogP contribution < -0.4 is 5.73 Å². The van der Waals surface area contributed by atoms with Gasteiger partial charge in [-0.25, -0.2) is 0 Å². The number of rotatable bonds is 5. The Morgan fingerprint density at radius 3 is 2.69 bits per heavy atom. The molecule has 0 aromatic heterocycles. The molecule has 1 aliphatic carbocycles. The lowest BCUT2D eigenvalue weighted by atomic mass is 10.1. The van der Waals surface area contributed by atoms with Crippen molar-refractivity contribution in [3.63, 3.8) is 0 Å². The van der Waals surface area contributed by atoms with E-state index in [9.17, 15) is 0 Å². The largest absolute Gasteiger partial charge is 0.329 e. The molecule has 0 aromatic carbocycles. The molecule has 1 saturated carbocycles. The standard InChI is InChI=1S/C9H16Cl2N2/c1-13(6-8(11)4-10)9(5-12)7-2-3-7/h4,7,9H,2-3,5-6,12H2,1H3. The van der Waals surface area contributed by atoms with Crippen LogP contribution in [0, 0.1) is 5.92 Å². The summed E-state index contributed by atoms with van der Waals surface area (Å²) in [6, 6.07) is 0.463. The van der Waals surface area contributed by atoms with Crippen LogP contribution in [-0.4, -0.2) is 31.1 Å².